The number of hydrogen-bond acceptors (Lipinski definition) is 35. The zero-order valence-electron chi connectivity index (χ0n) is 14.4. The highest BCUT2D eigenvalue weighted by Gasteiger charge is 2.02. The van der Waals surface area contributed by atoms with Crippen LogP contribution in [0.15, 0.2) is 0 Å². The summed E-state index contributed by atoms with van der Waals surface area (Å²) in [6, 6.07) is 0. The van der Waals surface area contributed by atoms with Crippen LogP contribution < -0.4 is 0 Å². The first-order chi connectivity index (χ1) is 17.4. The molecule has 0 saturated heterocycles. The molecule has 0 aromatic carbocycles. The van der Waals surface area contributed by atoms with Crippen LogP contribution >= 0.6 is 0 Å². The summed E-state index contributed by atoms with van der Waals surface area (Å²) in [6.45, 7) is 0. The van der Waals surface area contributed by atoms with Gasteiger partial charge >= 0.3 is 0 Å². The third-order valence-electron chi connectivity index (χ3n) is 0.894. The normalized spacial score (nSPS) is 11.5. The van der Waals surface area contributed by atoms with E-state index in [4.69, 9.17) is 10.5 Å². The van der Waals surface area contributed by atoms with E-state index in [2.05, 4.69) is 166 Å². The third kappa shape index (κ3) is 32.6. The van der Waals surface area contributed by atoms with Crippen LogP contribution in [-0.4, -0.2) is 10.5 Å². The molecule has 0 saturated carbocycles. The molecule has 0 spiro atoms. The molecule has 0 heterocycles. The third-order valence-corrected chi connectivity index (χ3v) is 0.894. The van der Waals surface area contributed by atoms with Crippen LogP contribution in [0.3, 0.4) is 0 Å². The van der Waals surface area contributed by atoms with Crippen molar-refractivity contribution < 1.29 is 177 Å². The van der Waals surface area contributed by atoms with Gasteiger partial charge in [-0.25, -0.2) is 10.5 Å². The number of rotatable bonds is 32. The fourth-order valence-electron chi connectivity index (χ4n) is 0.354. The highest BCUT2D eigenvalue weighted by atomic mass is 18.0. The van der Waals surface area contributed by atoms with Gasteiger partial charge < -0.3 is 0 Å². The fraction of sp³-hybridized carbons (Fsp3) is 0. The van der Waals surface area contributed by atoms with Gasteiger partial charge in [-0.15, -0.1) is 0 Å². The largest absolute Gasteiger partial charge is 0.219 e. The monoisotopic (exact) mass is 562 g/mol. The Labute approximate surface area is 178 Å². The van der Waals surface area contributed by atoms with E-state index in [-0.39, 0.29) is 0 Å². The van der Waals surface area contributed by atoms with Crippen molar-refractivity contribution in [1.29, 1.82) is 0 Å². The average Bonchev–Trinajstić information content (AvgIpc) is 2.87. The summed E-state index contributed by atoms with van der Waals surface area (Å²) in [5.41, 5.74) is 0. The van der Waals surface area contributed by atoms with E-state index in [1.165, 1.54) is 0 Å². The summed E-state index contributed by atoms with van der Waals surface area (Å²) in [5.74, 6) is 0. The maximum absolute atomic E-state index is 7.54. The Bertz CT molecular complexity index is 301. The van der Waals surface area contributed by atoms with Gasteiger partial charge in [0.2, 0.25) is 0 Å². The van der Waals surface area contributed by atoms with Crippen molar-refractivity contribution >= 4 is 0 Å². The molecule has 0 aliphatic carbocycles. The summed E-state index contributed by atoms with van der Waals surface area (Å²) in [7, 11) is 0. The molecule has 35 heteroatoms. The number of hydrogen-bond donors (Lipinski definition) is 2. The lowest BCUT2D eigenvalue weighted by Gasteiger charge is -1.99. The summed E-state index contributed by atoms with van der Waals surface area (Å²) in [4.78, 5) is 0. The Hall–Kier alpha value is -1.40. The predicted molar refractivity (Wildman–Crippen MR) is 41.1 cm³/mol. The lowest BCUT2D eigenvalue weighted by molar-refractivity contribution is -0.907. The van der Waals surface area contributed by atoms with Crippen molar-refractivity contribution in [2.45, 2.75) is 0 Å². The van der Waals surface area contributed by atoms with E-state index < -0.39 is 0 Å². The average molecular weight is 562 g/mol. The highest BCUT2D eigenvalue weighted by Crippen LogP contribution is 1.95. The summed E-state index contributed by atoms with van der Waals surface area (Å²) in [6.07, 6.45) is 0. The predicted octanol–water partition coefficient (Wildman–Crippen LogP) is -2.24. The van der Waals surface area contributed by atoms with Gasteiger partial charge in [0.15, 0.2) is 0 Å². The van der Waals surface area contributed by atoms with E-state index in [0.717, 1.165) is 0 Å². The summed E-state index contributed by atoms with van der Waals surface area (Å²) < 4.78 is 0. The molecule has 0 unspecified atom stereocenters. The molecule has 2 N–H and O–H groups in total. The summed E-state index contributed by atoms with van der Waals surface area (Å²) >= 11 is 0. The topological polar surface area (TPSA) is 345 Å². The SMILES string of the molecule is OOOOOOOOOOOOOOOOOOOOOOOOOOOOOOOOOOO. The molecule has 0 rings (SSSR count). The zero-order valence-corrected chi connectivity index (χ0v) is 14.4. The molecule has 0 bridgehead atoms. The minimum Gasteiger partial charge on any atom is -0.219 e. The van der Waals surface area contributed by atoms with Crippen molar-refractivity contribution in [2.24, 2.45) is 0 Å². The summed E-state index contributed by atoms with van der Waals surface area (Å²) in [5, 5.41) is 128. The molecule has 0 radical (unpaired) electrons. The second-order valence-electron chi connectivity index (χ2n) is 2.26. The van der Waals surface area contributed by atoms with Gasteiger partial charge in [-0.05, 0) is 80.6 Å². The molecule has 35 nitrogen and oxygen atoms in total. The van der Waals surface area contributed by atoms with Gasteiger partial charge in [0.25, 0.3) is 0 Å². The molecular formula is H2O35. The maximum atomic E-state index is 7.54. The minimum absolute atomic E-state index is 2.87. The van der Waals surface area contributed by atoms with Gasteiger partial charge in [-0.3, -0.25) is 0 Å². The van der Waals surface area contributed by atoms with Gasteiger partial charge in [0, 0.05) is 85.7 Å². The molecule has 212 valence electrons. The van der Waals surface area contributed by atoms with Crippen LogP contribution in [0, 0.1) is 0 Å². The molecule has 0 fully saturated rings. The van der Waals surface area contributed by atoms with E-state index in [1.54, 1.807) is 0 Å². The van der Waals surface area contributed by atoms with Gasteiger partial charge in [0.1, 0.15) is 0 Å². The standard InChI is InChI=1S/H2O35/c1-3-5-7-9-11-13-15-17-19-21-23-25-27-29-31-33-35-34-32-30-28-26-24-22-20-18-16-14-12-10-8-6-4-2/h1-2H. The van der Waals surface area contributed by atoms with Crippen molar-refractivity contribution in [3.63, 3.8) is 0 Å². The van der Waals surface area contributed by atoms with Crippen molar-refractivity contribution in [3.8, 4) is 0 Å². The lowest BCUT2D eigenvalue weighted by Crippen LogP contribution is -2.06. The Morgan fingerprint density at radius 2 is 0.229 bits per heavy atom. The Kier molecular flexibility index (Phi) is 31.3. The van der Waals surface area contributed by atoms with Crippen LogP contribution in [0.2, 0.25) is 0 Å². The van der Waals surface area contributed by atoms with Crippen LogP contribution in [0.1, 0.15) is 0 Å². The highest BCUT2D eigenvalue weighted by molar-refractivity contribution is 3.10. The molecule has 0 aliphatic rings. The molecule has 0 atom stereocenters. The van der Waals surface area contributed by atoms with E-state index in [0.29, 0.717) is 0 Å². The van der Waals surface area contributed by atoms with E-state index >= 15 is 0 Å². The molecule has 0 aliphatic heterocycles. The molecule has 0 aromatic heterocycles. The molecule has 0 amide bonds. The van der Waals surface area contributed by atoms with Gasteiger partial charge in [0.05, 0.1) is 0 Å². The maximum Gasteiger partial charge on any atom is 0 e. The first-order valence-electron chi connectivity index (χ1n) is 5.70. The van der Waals surface area contributed by atoms with E-state index in [1.807, 2.05) is 0 Å². The fourth-order valence-corrected chi connectivity index (χ4v) is 0.354. The second kappa shape index (κ2) is 32.6. The lowest BCUT2D eigenvalue weighted by atomic mass is 14.0. The van der Waals surface area contributed by atoms with Gasteiger partial charge in [-0.2, -0.15) is 0 Å². The smallest absolute Gasteiger partial charge is 0 e. The Morgan fingerprint density at radius 3 is 0.314 bits per heavy atom. The Morgan fingerprint density at radius 1 is 0.143 bits per heavy atom. The molecule has 35 heavy (non-hydrogen) atoms. The molecular weight excluding hydrogens is 560 g/mol. The Balaban J connectivity index is 3.00. The van der Waals surface area contributed by atoms with Crippen LogP contribution in [0.25, 0.3) is 0 Å². The van der Waals surface area contributed by atoms with Crippen LogP contribution in [0.5, 0.6) is 0 Å². The van der Waals surface area contributed by atoms with E-state index in [9.17, 15) is 0 Å². The van der Waals surface area contributed by atoms with Crippen LogP contribution in [-0.2, 0) is 166 Å². The first kappa shape index (κ1) is 33.6. The first-order valence-corrected chi connectivity index (χ1v) is 5.70. The van der Waals surface area contributed by atoms with Crippen LogP contribution in [0.4, 0.5) is 0 Å². The van der Waals surface area contributed by atoms with Crippen molar-refractivity contribution in [1.82, 2.24) is 0 Å². The zero-order chi connectivity index (χ0) is 25.3. The van der Waals surface area contributed by atoms with Gasteiger partial charge in [-0.1, -0.05) is 0 Å². The minimum atomic E-state index is 2.87. The molecule has 0 aromatic rings. The quantitative estimate of drug-likeness (QED) is 0.0497. The van der Waals surface area contributed by atoms with Crippen molar-refractivity contribution in [2.75, 3.05) is 0 Å². The second-order valence-corrected chi connectivity index (χ2v) is 2.26. The van der Waals surface area contributed by atoms with Crippen molar-refractivity contribution in [3.05, 3.63) is 0 Å².